The zero-order valence-corrected chi connectivity index (χ0v) is 14.9. The Labute approximate surface area is 144 Å². The van der Waals surface area contributed by atoms with E-state index in [1.54, 1.807) is 7.11 Å². The van der Waals surface area contributed by atoms with Crippen LogP contribution in [-0.4, -0.2) is 38.6 Å². The second kappa shape index (κ2) is 8.62. The highest BCUT2D eigenvalue weighted by Crippen LogP contribution is 2.18. The Kier molecular flexibility index (Phi) is 6.53. The van der Waals surface area contributed by atoms with Crippen LogP contribution in [0.3, 0.4) is 0 Å². The normalized spacial score (nSPS) is 12.2. The van der Waals surface area contributed by atoms with E-state index < -0.39 is 0 Å². The molecule has 0 aromatic heterocycles. The molecule has 2 aromatic rings. The number of benzene rings is 2. The molecule has 0 bridgehead atoms. The fourth-order valence-electron chi connectivity index (χ4n) is 2.69. The third-order valence-corrected chi connectivity index (χ3v) is 4.10. The molecule has 0 saturated carbocycles. The van der Waals surface area contributed by atoms with Crippen molar-refractivity contribution in [3.05, 3.63) is 70.8 Å². The molecule has 4 nitrogen and oxygen atoms in total. The standard InChI is InChI=1S/C20H26N2O2/c1-15-9-11-16(12-10-15)19(22(2)3)13-21-20(23)18-8-6-5-7-17(18)14-24-4/h5-12,19H,13-14H2,1-4H3,(H,21,23)/t19-/m1/s1. The van der Waals surface area contributed by atoms with E-state index in [-0.39, 0.29) is 11.9 Å². The van der Waals surface area contributed by atoms with Crippen LogP contribution in [0.5, 0.6) is 0 Å². The van der Waals surface area contributed by atoms with E-state index >= 15 is 0 Å². The number of ether oxygens (including phenoxy) is 1. The zero-order chi connectivity index (χ0) is 17.5. The summed E-state index contributed by atoms with van der Waals surface area (Å²) in [7, 11) is 5.68. The van der Waals surface area contributed by atoms with Crippen LogP contribution in [0, 0.1) is 6.92 Å². The maximum absolute atomic E-state index is 12.6. The third kappa shape index (κ3) is 4.66. The lowest BCUT2D eigenvalue weighted by Gasteiger charge is -2.25. The molecule has 0 radical (unpaired) electrons. The molecule has 4 heteroatoms. The summed E-state index contributed by atoms with van der Waals surface area (Å²) in [6, 6.07) is 16.1. The lowest BCUT2D eigenvalue weighted by molar-refractivity contribution is 0.0937. The molecule has 0 saturated heterocycles. The SMILES string of the molecule is COCc1ccccc1C(=O)NC[C@H](c1ccc(C)cc1)N(C)C. The Morgan fingerprint density at radius 3 is 2.42 bits per heavy atom. The van der Waals surface area contributed by atoms with Gasteiger partial charge in [0.2, 0.25) is 0 Å². The number of nitrogens with zero attached hydrogens (tertiary/aromatic N) is 1. The molecule has 0 aliphatic carbocycles. The Bertz CT molecular complexity index is 666. The van der Waals surface area contributed by atoms with Gasteiger partial charge >= 0.3 is 0 Å². The second-order valence-electron chi connectivity index (χ2n) is 6.19. The molecule has 2 aromatic carbocycles. The molecule has 1 N–H and O–H groups in total. The van der Waals surface area contributed by atoms with Crippen LogP contribution in [0.2, 0.25) is 0 Å². The van der Waals surface area contributed by atoms with E-state index in [2.05, 4.69) is 41.4 Å². The molecule has 0 aliphatic heterocycles. The highest BCUT2D eigenvalue weighted by atomic mass is 16.5. The van der Waals surface area contributed by atoms with E-state index in [9.17, 15) is 4.79 Å². The Morgan fingerprint density at radius 2 is 1.79 bits per heavy atom. The Hall–Kier alpha value is -2.17. The minimum Gasteiger partial charge on any atom is -0.380 e. The van der Waals surface area contributed by atoms with Crippen LogP contribution in [-0.2, 0) is 11.3 Å². The smallest absolute Gasteiger partial charge is 0.251 e. The number of likely N-dealkylation sites (N-methyl/N-ethyl adjacent to an activating group) is 1. The van der Waals surface area contributed by atoms with Crippen molar-refractivity contribution in [1.82, 2.24) is 10.2 Å². The molecule has 0 unspecified atom stereocenters. The quantitative estimate of drug-likeness (QED) is 0.850. The lowest BCUT2D eigenvalue weighted by Crippen LogP contribution is -2.35. The fraction of sp³-hybridized carbons (Fsp3) is 0.350. The minimum absolute atomic E-state index is 0.0680. The third-order valence-electron chi connectivity index (χ3n) is 4.10. The van der Waals surface area contributed by atoms with E-state index in [0.717, 1.165) is 5.56 Å². The van der Waals surface area contributed by atoms with Gasteiger partial charge in [-0.25, -0.2) is 0 Å². The summed E-state index contributed by atoms with van der Waals surface area (Å²) in [6.07, 6.45) is 0. The van der Waals surface area contributed by atoms with Crippen LogP contribution >= 0.6 is 0 Å². The number of hydrogen-bond donors (Lipinski definition) is 1. The van der Waals surface area contributed by atoms with Crippen molar-refractivity contribution >= 4 is 5.91 Å². The zero-order valence-electron chi connectivity index (χ0n) is 14.9. The Balaban J connectivity index is 2.09. The van der Waals surface area contributed by atoms with Crippen molar-refractivity contribution in [2.45, 2.75) is 19.6 Å². The first kappa shape index (κ1) is 18.2. The molecule has 0 aliphatic rings. The van der Waals surface area contributed by atoms with Gasteiger partial charge in [0.1, 0.15) is 0 Å². The van der Waals surface area contributed by atoms with Crippen LogP contribution in [0.25, 0.3) is 0 Å². The van der Waals surface area contributed by atoms with Gasteiger partial charge in [0.05, 0.1) is 12.6 Å². The molecule has 1 atom stereocenters. The first-order valence-corrected chi connectivity index (χ1v) is 8.11. The molecule has 24 heavy (non-hydrogen) atoms. The number of carbonyl (C=O) groups is 1. The summed E-state index contributed by atoms with van der Waals surface area (Å²) in [4.78, 5) is 14.7. The molecule has 0 fully saturated rings. The van der Waals surface area contributed by atoms with Gasteiger partial charge in [-0.3, -0.25) is 4.79 Å². The number of hydrogen-bond acceptors (Lipinski definition) is 3. The summed E-state index contributed by atoms with van der Waals surface area (Å²) in [6.45, 7) is 3.05. The second-order valence-corrected chi connectivity index (χ2v) is 6.19. The predicted molar refractivity (Wildman–Crippen MR) is 97.1 cm³/mol. The van der Waals surface area contributed by atoms with E-state index in [4.69, 9.17) is 4.74 Å². The van der Waals surface area contributed by atoms with Gasteiger partial charge in [0.15, 0.2) is 0 Å². The van der Waals surface area contributed by atoms with Crippen molar-refractivity contribution in [2.24, 2.45) is 0 Å². The average Bonchev–Trinajstić information content (AvgIpc) is 2.57. The molecule has 0 heterocycles. The van der Waals surface area contributed by atoms with E-state index in [0.29, 0.717) is 18.7 Å². The van der Waals surface area contributed by atoms with Crippen LogP contribution < -0.4 is 5.32 Å². The number of amides is 1. The highest BCUT2D eigenvalue weighted by Gasteiger charge is 2.17. The number of aryl methyl sites for hydroxylation is 1. The minimum atomic E-state index is -0.0680. The largest absolute Gasteiger partial charge is 0.380 e. The van der Waals surface area contributed by atoms with Crippen molar-refractivity contribution < 1.29 is 9.53 Å². The average molecular weight is 326 g/mol. The van der Waals surface area contributed by atoms with E-state index in [1.165, 1.54) is 11.1 Å². The first-order chi connectivity index (χ1) is 11.5. The topological polar surface area (TPSA) is 41.6 Å². The van der Waals surface area contributed by atoms with Crippen molar-refractivity contribution in [3.8, 4) is 0 Å². The molecule has 128 valence electrons. The van der Waals surface area contributed by atoms with Crippen molar-refractivity contribution in [2.75, 3.05) is 27.7 Å². The summed E-state index contributed by atoms with van der Waals surface area (Å²) in [5.74, 6) is -0.0680. The number of rotatable bonds is 7. The highest BCUT2D eigenvalue weighted by molar-refractivity contribution is 5.95. The maximum Gasteiger partial charge on any atom is 0.251 e. The van der Waals surface area contributed by atoms with Gasteiger partial charge in [-0.2, -0.15) is 0 Å². The summed E-state index contributed by atoms with van der Waals surface area (Å²) in [5, 5.41) is 3.06. The van der Waals surface area contributed by atoms with E-state index in [1.807, 2.05) is 38.4 Å². The van der Waals surface area contributed by atoms with Crippen molar-refractivity contribution in [1.29, 1.82) is 0 Å². The van der Waals surface area contributed by atoms with Gasteiger partial charge in [0.25, 0.3) is 5.91 Å². The molecular weight excluding hydrogens is 300 g/mol. The van der Waals surface area contributed by atoms with Gasteiger partial charge in [-0.1, -0.05) is 48.0 Å². The monoisotopic (exact) mass is 326 g/mol. The van der Waals surface area contributed by atoms with Gasteiger partial charge in [0, 0.05) is 19.2 Å². The Morgan fingerprint density at radius 1 is 1.12 bits per heavy atom. The summed E-state index contributed by atoms with van der Waals surface area (Å²) >= 11 is 0. The van der Waals surface area contributed by atoms with Crippen LogP contribution in [0.1, 0.15) is 33.1 Å². The maximum atomic E-state index is 12.6. The lowest BCUT2D eigenvalue weighted by atomic mass is 10.0. The summed E-state index contributed by atoms with van der Waals surface area (Å²) in [5.41, 5.74) is 3.99. The van der Waals surface area contributed by atoms with Gasteiger partial charge in [-0.05, 0) is 38.2 Å². The predicted octanol–water partition coefficient (Wildman–Crippen LogP) is 3.17. The number of carbonyl (C=O) groups excluding carboxylic acids is 1. The molecule has 0 spiro atoms. The van der Waals surface area contributed by atoms with Gasteiger partial charge in [-0.15, -0.1) is 0 Å². The molecular formula is C20H26N2O2. The number of methoxy groups -OCH3 is 1. The fourth-order valence-corrected chi connectivity index (χ4v) is 2.69. The van der Waals surface area contributed by atoms with Crippen LogP contribution in [0.15, 0.2) is 48.5 Å². The first-order valence-electron chi connectivity index (χ1n) is 8.11. The molecule has 2 rings (SSSR count). The number of nitrogens with one attached hydrogen (secondary N) is 1. The molecule has 1 amide bonds. The summed E-state index contributed by atoms with van der Waals surface area (Å²) < 4.78 is 5.17. The van der Waals surface area contributed by atoms with Crippen LogP contribution in [0.4, 0.5) is 0 Å². The van der Waals surface area contributed by atoms with Crippen molar-refractivity contribution in [3.63, 3.8) is 0 Å². The van der Waals surface area contributed by atoms with Gasteiger partial charge < -0.3 is 15.0 Å².